The van der Waals surface area contributed by atoms with Crippen molar-refractivity contribution in [3.05, 3.63) is 33.9 Å². The average molecular weight is 293 g/mol. The highest BCUT2D eigenvalue weighted by Crippen LogP contribution is 2.29. The van der Waals surface area contributed by atoms with Crippen LogP contribution in [0.1, 0.15) is 29.6 Å². The number of nitro groups is 1. The van der Waals surface area contributed by atoms with Gasteiger partial charge in [0.2, 0.25) is 0 Å². The first-order valence-electron chi connectivity index (χ1n) is 6.96. The molecule has 1 aliphatic rings. The minimum absolute atomic E-state index is 0.0622. The van der Waals surface area contributed by atoms with Crippen LogP contribution in [0.25, 0.3) is 0 Å². The molecular formula is C14H19N3O4. The maximum atomic E-state index is 12.6. The quantitative estimate of drug-likeness (QED) is 0.614. The molecule has 1 saturated carbocycles. The molecule has 2 N–H and O–H groups in total. The van der Waals surface area contributed by atoms with E-state index in [0.717, 1.165) is 19.3 Å². The number of amides is 1. The zero-order valence-corrected chi connectivity index (χ0v) is 11.9. The predicted octanol–water partition coefficient (Wildman–Crippen LogP) is 1.62. The van der Waals surface area contributed by atoms with E-state index < -0.39 is 10.8 Å². The molecule has 0 aliphatic heterocycles. The smallest absolute Gasteiger partial charge is 0.282 e. The third-order valence-electron chi connectivity index (χ3n) is 3.83. The van der Waals surface area contributed by atoms with Gasteiger partial charge >= 0.3 is 0 Å². The number of nitro benzene ring substituents is 1. The largest absolute Gasteiger partial charge is 0.395 e. The molecule has 1 amide bonds. The van der Waals surface area contributed by atoms with E-state index in [-0.39, 0.29) is 30.4 Å². The lowest BCUT2D eigenvalue weighted by Crippen LogP contribution is -2.45. The summed E-state index contributed by atoms with van der Waals surface area (Å²) in [7, 11) is 1.69. The lowest BCUT2D eigenvalue weighted by atomic mass is 9.91. The number of aliphatic hydroxyl groups excluding tert-OH is 1. The van der Waals surface area contributed by atoms with Crippen LogP contribution in [-0.4, -0.2) is 47.1 Å². The molecule has 2 rings (SSSR count). The van der Waals surface area contributed by atoms with Crippen molar-refractivity contribution in [3.63, 3.8) is 0 Å². The fourth-order valence-electron chi connectivity index (χ4n) is 2.43. The van der Waals surface area contributed by atoms with Gasteiger partial charge in [-0.15, -0.1) is 0 Å². The first kappa shape index (κ1) is 15.2. The second kappa shape index (κ2) is 6.53. The van der Waals surface area contributed by atoms with Gasteiger partial charge in [-0.2, -0.15) is 0 Å². The molecule has 114 valence electrons. The summed E-state index contributed by atoms with van der Waals surface area (Å²) in [4.78, 5) is 24.8. The summed E-state index contributed by atoms with van der Waals surface area (Å²) in [5.74, 6) is -0.391. The Morgan fingerprint density at radius 2 is 2.24 bits per heavy atom. The minimum atomic E-state index is -0.551. The molecular weight excluding hydrogens is 274 g/mol. The Balaban J connectivity index is 2.36. The van der Waals surface area contributed by atoms with E-state index in [1.807, 2.05) is 0 Å². The van der Waals surface area contributed by atoms with E-state index in [1.54, 1.807) is 18.0 Å². The fraction of sp³-hybridized carbons (Fsp3) is 0.500. The Hall–Kier alpha value is -2.15. The maximum Gasteiger partial charge on any atom is 0.282 e. The third kappa shape index (κ3) is 3.13. The molecule has 0 spiro atoms. The second-order valence-electron chi connectivity index (χ2n) is 5.05. The third-order valence-corrected chi connectivity index (χ3v) is 3.83. The summed E-state index contributed by atoms with van der Waals surface area (Å²) in [6.07, 6.45) is 2.80. The predicted molar refractivity (Wildman–Crippen MR) is 78.4 cm³/mol. The maximum absolute atomic E-state index is 12.6. The molecule has 0 saturated heterocycles. The van der Waals surface area contributed by atoms with Crippen molar-refractivity contribution in [1.29, 1.82) is 0 Å². The molecule has 7 nitrogen and oxygen atoms in total. The molecule has 1 aromatic carbocycles. The van der Waals surface area contributed by atoms with E-state index in [4.69, 9.17) is 5.11 Å². The van der Waals surface area contributed by atoms with Crippen LogP contribution in [0.15, 0.2) is 18.2 Å². The van der Waals surface area contributed by atoms with Crippen molar-refractivity contribution in [3.8, 4) is 0 Å². The minimum Gasteiger partial charge on any atom is -0.395 e. The van der Waals surface area contributed by atoms with E-state index in [9.17, 15) is 14.9 Å². The summed E-state index contributed by atoms with van der Waals surface area (Å²) in [5.41, 5.74) is 0.495. The number of carbonyl (C=O) groups excluding carboxylic acids is 1. The summed E-state index contributed by atoms with van der Waals surface area (Å²) >= 11 is 0. The number of rotatable bonds is 6. The summed E-state index contributed by atoms with van der Waals surface area (Å²) in [6, 6.07) is 4.46. The number of nitrogens with one attached hydrogen (secondary N) is 1. The van der Waals surface area contributed by atoms with E-state index in [1.165, 1.54) is 12.1 Å². The van der Waals surface area contributed by atoms with Gasteiger partial charge in [-0.05, 0) is 31.4 Å². The Morgan fingerprint density at radius 1 is 1.52 bits per heavy atom. The van der Waals surface area contributed by atoms with Crippen LogP contribution in [0.3, 0.4) is 0 Å². The summed E-state index contributed by atoms with van der Waals surface area (Å²) in [6.45, 7) is 0.0478. The van der Waals surface area contributed by atoms with Gasteiger partial charge in [-0.25, -0.2) is 0 Å². The van der Waals surface area contributed by atoms with Crippen LogP contribution >= 0.6 is 0 Å². The van der Waals surface area contributed by atoms with Crippen LogP contribution in [0.5, 0.6) is 0 Å². The highest BCUT2D eigenvalue weighted by Gasteiger charge is 2.32. The zero-order valence-electron chi connectivity index (χ0n) is 11.9. The Labute approximate surface area is 122 Å². The molecule has 1 aliphatic carbocycles. The van der Waals surface area contributed by atoms with Crippen LogP contribution in [0, 0.1) is 10.1 Å². The van der Waals surface area contributed by atoms with Crippen LogP contribution in [-0.2, 0) is 0 Å². The number of aliphatic hydroxyl groups is 1. The number of carbonyl (C=O) groups is 1. The van der Waals surface area contributed by atoms with Crippen molar-refractivity contribution < 1.29 is 14.8 Å². The van der Waals surface area contributed by atoms with E-state index >= 15 is 0 Å². The first-order chi connectivity index (χ1) is 10.1. The second-order valence-corrected chi connectivity index (χ2v) is 5.05. The van der Waals surface area contributed by atoms with Crippen molar-refractivity contribution in [2.24, 2.45) is 0 Å². The summed E-state index contributed by atoms with van der Waals surface area (Å²) in [5, 5.41) is 23.1. The van der Waals surface area contributed by atoms with Gasteiger partial charge in [0.15, 0.2) is 0 Å². The molecule has 0 aromatic heterocycles. The van der Waals surface area contributed by atoms with Gasteiger partial charge in [-0.3, -0.25) is 14.9 Å². The molecule has 1 fully saturated rings. The molecule has 0 heterocycles. The highest BCUT2D eigenvalue weighted by molar-refractivity contribution is 5.99. The average Bonchev–Trinajstić information content (AvgIpc) is 2.43. The number of hydrogen-bond acceptors (Lipinski definition) is 5. The van der Waals surface area contributed by atoms with Gasteiger partial charge in [-0.1, -0.05) is 0 Å². The monoisotopic (exact) mass is 293 g/mol. The Kier molecular flexibility index (Phi) is 4.74. The lowest BCUT2D eigenvalue weighted by Gasteiger charge is -2.37. The van der Waals surface area contributed by atoms with Crippen molar-refractivity contribution >= 4 is 17.3 Å². The van der Waals surface area contributed by atoms with Crippen molar-refractivity contribution in [2.75, 3.05) is 25.5 Å². The van der Waals surface area contributed by atoms with Crippen LogP contribution in [0.4, 0.5) is 11.4 Å². The lowest BCUT2D eigenvalue weighted by molar-refractivity contribution is -0.385. The number of benzene rings is 1. The molecule has 21 heavy (non-hydrogen) atoms. The molecule has 0 bridgehead atoms. The van der Waals surface area contributed by atoms with Crippen molar-refractivity contribution in [1.82, 2.24) is 4.90 Å². The molecule has 0 atom stereocenters. The molecule has 1 aromatic rings. The van der Waals surface area contributed by atoms with Gasteiger partial charge in [0.25, 0.3) is 11.6 Å². The Bertz CT molecular complexity index is 543. The molecule has 0 unspecified atom stereocenters. The van der Waals surface area contributed by atoms with Crippen LogP contribution < -0.4 is 5.32 Å². The van der Waals surface area contributed by atoms with Crippen molar-refractivity contribution in [2.45, 2.75) is 25.3 Å². The summed E-state index contributed by atoms with van der Waals surface area (Å²) < 4.78 is 0. The standard InChI is InChI=1S/C14H19N3O4/c1-15-10-5-6-13(17(20)21)12(9-10)14(19)16(7-8-18)11-3-2-4-11/h5-6,9,11,15,18H,2-4,7-8H2,1H3. The van der Waals surface area contributed by atoms with Gasteiger partial charge < -0.3 is 15.3 Å². The van der Waals surface area contributed by atoms with E-state index in [2.05, 4.69) is 5.32 Å². The SMILES string of the molecule is CNc1ccc([N+](=O)[O-])c(C(=O)N(CCO)C2CCC2)c1. The van der Waals surface area contributed by atoms with Gasteiger partial charge in [0.1, 0.15) is 5.56 Å². The zero-order chi connectivity index (χ0) is 15.4. The number of nitrogens with zero attached hydrogens (tertiary/aromatic N) is 2. The first-order valence-corrected chi connectivity index (χ1v) is 6.96. The Morgan fingerprint density at radius 3 is 2.71 bits per heavy atom. The normalized spacial score (nSPS) is 14.4. The molecule has 7 heteroatoms. The fourth-order valence-corrected chi connectivity index (χ4v) is 2.43. The van der Waals surface area contributed by atoms with Gasteiger partial charge in [0.05, 0.1) is 11.5 Å². The van der Waals surface area contributed by atoms with E-state index in [0.29, 0.717) is 5.69 Å². The topological polar surface area (TPSA) is 95.7 Å². The number of anilines is 1. The highest BCUT2D eigenvalue weighted by atomic mass is 16.6. The number of hydrogen-bond donors (Lipinski definition) is 2. The van der Waals surface area contributed by atoms with Gasteiger partial charge in [0, 0.05) is 31.4 Å². The van der Waals surface area contributed by atoms with Crippen LogP contribution in [0.2, 0.25) is 0 Å². The molecule has 0 radical (unpaired) electrons.